The lowest BCUT2D eigenvalue weighted by Gasteiger charge is -2.03. The molecule has 2 heterocycles. The Hall–Kier alpha value is -3.02. The third kappa shape index (κ3) is 3.35. The zero-order valence-corrected chi connectivity index (χ0v) is 11.9. The number of hydrazone groups is 1. The van der Waals surface area contributed by atoms with Gasteiger partial charge in [-0.25, -0.2) is 10.4 Å². The van der Waals surface area contributed by atoms with E-state index >= 15 is 0 Å². The lowest BCUT2D eigenvalue weighted by atomic mass is 10.3. The first kappa shape index (κ1) is 13.9. The second-order valence-electron chi connectivity index (χ2n) is 4.76. The van der Waals surface area contributed by atoms with Gasteiger partial charge in [0.2, 0.25) is 5.91 Å². The predicted molar refractivity (Wildman–Crippen MR) is 84.3 cm³/mol. The average molecular weight is 293 g/mol. The van der Waals surface area contributed by atoms with Crippen molar-refractivity contribution >= 4 is 23.2 Å². The standard InChI is InChI=1S/C16H15N5O/c22-16(20-19-11-13-4-3-8-17-10-13)7-9-21-12-18-14-5-1-2-6-15(14)21/h1-6,8,10-12H,7,9H2,(H,20,22)/b19-11+. The number of hydrogen-bond donors (Lipinski definition) is 1. The topological polar surface area (TPSA) is 72.2 Å². The molecule has 0 unspecified atom stereocenters. The highest BCUT2D eigenvalue weighted by Gasteiger charge is 2.04. The van der Waals surface area contributed by atoms with Crippen molar-refractivity contribution in [3.05, 3.63) is 60.7 Å². The van der Waals surface area contributed by atoms with Crippen LogP contribution in [-0.4, -0.2) is 26.7 Å². The van der Waals surface area contributed by atoms with Gasteiger partial charge in [-0.3, -0.25) is 9.78 Å². The smallest absolute Gasteiger partial charge is 0.241 e. The summed E-state index contributed by atoms with van der Waals surface area (Å²) < 4.78 is 1.96. The maximum Gasteiger partial charge on any atom is 0.241 e. The number of nitrogens with one attached hydrogen (secondary N) is 1. The number of para-hydroxylation sites is 2. The fourth-order valence-corrected chi connectivity index (χ4v) is 2.10. The molecule has 0 aliphatic rings. The van der Waals surface area contributed by atoms with Crippen LogP contribution in [0, 0.1) is 0 Å². The Balaban J connectivity index is 1.53. The molecule has 0 spiro atoms. The molecule has 6 heteroatoms. The van der Waals surface area contributed by atoms with Crippen LogP contribution in [0.2, 0.25) is 0 Å². The summed E-state index contributed by atoms with van der Waals surface area (Å²) in [5, 5.41) is 3.91. The molecule has 0 aliphatic heterocycles. The highest BCUT2D eigenvalue weighted by molar-refractivity contribution is 5.82. The van der Waals surface area contributed by atoms with E-state index in [-0.39, 0.29) is 5.91 Å². The van der Waals surface area contributed by atoms with Gasteiger partial charge in [-0.15, -0.1) is 0 Å². The number of hydrogen-bond acceptors (Lipinski definition) is 4. The molecule has 6 nitrogen and oxygen atoms in total. The number of benzene rings is 1. The molecular formula is C16H15N5O. The first-order valence-corrected chi connectivity index (χ1v) is 6.95. The fraction of sp³-hybridized carbons (Fsp3) is 0.125. The van der Waals surface area contributed by atoms with E-state index in [9.17, 15) is 4.79 Å². The van der Waals surface area contributed by atoms with Crippen LogP contribution in [0.15, 0.2) is 60.2 Å². The molecule has 1 amide bonds. The number of pyridine rings is 1. The quantitative estimate of drug-likeness (QED) is 0.577. The number of aryl methyl sites for hydroxylation is 1. The Morgan fingerprint density at radius 3 is 3.05 bits per heavy atom. The lowest BCUT2D eigenvalue weighted by Crippen LogP contribution is -2.19. The summed E-state index contributed by atoms with van der Waals surface area (Å²) in [6, 6.07) is 11.5. The minimum Gasteiger partial charge on any atom is -0.330 e. The molecule has 0 saturated carbocycles. The molecule has 3 aromatic rings. The summed E-state index contributed by atoms with van der Waals surface area (Å²) in [6.45, 7) is 0.564. The fourth-order valence-electron chi connectivity index (χ4n) is 2.10. The average Bonchev–Trinajstić information content (AvgIpc) is 2.97. The molecule has 0 aliphatic carbocycles. The van der Waals surface area contributed by atoms with Crippen molar-refractivity contribution < 1.29 is 4.79 Å². The Morgan fingerprint density at radius 1 is 1.27 bits per heavy atom. The normalized spacial score (nSPS) is 11.1. The van der Waals surface area contributed by atoms with Gasteiger partial charge in [-0.2, -0.15) is 5.10 Å². The van der Waals surface area contributed by atoms with Crippen LogP contribution >= 0.6 is 0 Å². The summed E-state index contributed by atoms with van der Waals surface area (Å²) in [7, 11) is 0. The van der Waals surface area contributed by atoms with Gasteiger partial charge in [0.15, 0.2) is 0 Å². The van der Waals surface area contributed by atoms with Crippen LogP contribution in [0.3, 0.4) is 0 Å². The number of carbonyl (C=O) groups excluding carboxylic acids is 1. The molecule has 3 rings (SSSR count). The van der Waals surface area contributed by atoms with Crippen LogP contribution in [0.4, 0.5) is 0 Å². The van der Waals surface area contributed by atoms with Crippen molar-refractivity contribution in [3.8, 4) is 0 Å². The van der Waals surface area contributed by atoms with E-state index in [4.69, 9.17) is 0 Å². The number of aromatic nitrogens is 3. The lowest BCUT2D eigenvalue weighted by molar-refractivity contribution is -0.121. The largest absolute Gasteiger partial charge is 0.330 e. The monoisotopic (exact) mass is 293 g/mol. The molecule has 1 aromatic carbocycles. The Morgan fingerprint density at radius 2 is 2.18 bits per heavy atom. The van der Waals surface area contributed by atoms with Crippen LogP contribution < -0.4 is 5.43 Å². The molecule has 0 radical (unpaired) electrons. The van der Waals surface area contributed by atoms with Crippen molar-refractivity contribution in [1.82, 2.24) is 20.0 Å². The molecule has 0 saturated heterocycles. The molecule has 1 N–H and O–H groups in total. The first-order chi connectivity index (χ1) is 10.8. The predicted octanol–water partition coefficient (Wildman–Crippen LogP) is 1.97. The van der Waals surface area contributed by atoms with E-state index in [0.29, 0.717) is 13.0 Å². The zero-order valence-electron chi connectivity index (χ0n) is 11.9. The summed E-state index contributed by atoms with van der Waals surface area (Å²) in [5.41, 5.74) is 5.30. The second-order valence-corrected chi connectivity index (χ2v) is 4.76. The number of nitrogens with zero attached hydrogens (tertiary/aromatic N) is 4. The van der Waals surface area contributed by atoms with Gasteiger partial charge < -0.3 is 4.57 Å². The second kappa shape index (κ2) is 6.62. The molecule has 2 aromatic heterocycles. The Kier molecular flexibility index (Phi) is 4.20. The van der Waals surface area contributed by atoms with Crippen LogP contribution in [0.1, 0.15) is 12.0 Å². The maximum absolute atomic E-state index is 11.8. The molecule has 0 bridgehead atoms. The number of amides is 1. The minimum absolute atomic E-state index is 0.141. The molecule has 0 fully saturated rings. The number of rotatable bonds is 5. The third-order valence-electron chi connectivity index (χ3n) is 3.19. The number of carbonyl (C=O) groups is 1. The number of imidazole rings is 1. The summed E-state index contributed by atoms with van der Waals surface area (Å²) in [6.07, 6.45) is 7.01. The van der Waals surface area contributed by atoms with Crippen molar-refractivity contribution in [1.29, 1.82) is 0 Å². The maximum atomic E-state index is 11.8. The van der Waals surface area contributed by atoms with Gasteiger partial charge in [-0.1, -0.05) is 18.2 Å². The highest BCUT2D eigenvalue weighted by Crippen LogP contribution is 2.11. The molecular weight excluding hydrogens is 278 g/mol. The van der Waals surface area contributed by atoms with Crippen molar-refractivity contribution in [2.45, 2.75) is 13.0 Å². The van der Waals surface area contributed by atoms with Gasteiger partial charge in [0.25, 0.3) is 0 Å². The van der Waals surface area contributed by atoms with E-state index in [1.54, 1.807) is 24.9 Å². The van der Waals surface area contributed by atoms with Crippen molar-refractivity contribution in [2.24, 2.45) is 5.10 Å². The SMILES string of the molecule is O=C(CCn1cnc2ccccc21)N/N=C/c1cccnc1. The van der Waals surface area contributed by atoms with Gasteiger partial charge in [0.05, 0.1) is 23.6 Å². The highest BCUT2D eigenvalue weighted by atomic mass is 16.2. The third-order valence-corrected chi connectivity index (χ3v) is 3.19. The van der Waals surface area contributed by atoms with E-state index in [0.717, 1.165) is 16.6 Å². The number of fused-ring (bicyclic) bond motifs is 1. The summed E-state index contributed by atoms with van der Waals surface area (Å²) >= 11 is 0. The van der Waals surface area contributed by atoms with Gasteiger partial charge >= 0.3 is 0 Å². The van der Waals surface area contributed by atoms with Crippen LogP contribution in [-0.2, 0) is 11.3 Å². The van der Waals surface area contributed by atoms with Crippen LogP contribution in [0.5, 0.6) is 0 Å². The van der Waals surface area contributed by atoms with Gasteiger partial charge in [0.1, 0.15) is 0 Å². The van der Waals surface area contributed by atoms with Crippen molar-refractivity contribution in [2.75, 3.05) is 0 Å². The van der Waals surface area contributed by atoms with Gasteiger partial charge in [0, 0.05) is 30.9 Å². The van der Waals surface area contributed by atoms with E-state index in [1.165, 1.54) is 0 Å². The van der Waals surface area contributed by atoms with E-state index < -0.39 is 0 Å². The zero-order chi connectivity index (χ0) is 15.2. The minimum atomic E-state index is -0.141. The summed E-state index contributed by atoms with van der Waals surface area (Å²) in [5.74, 6) is -0.141. The molecule has 0 atom stereocenters. The molecule has 22 heavy (non-hydrogen) atoms. The first-order valence-electron chi connectivity index (χ1n) is 6.95. The van der Waals surface area contributed by atoms with E-state index in [1.807, 2.05) is 41.0 Å². The van der Waals surface area contributed by atoms with Crippen molar-refractivity contribution in [3.63, 3.8) is 0 Å². The molecule has 110 valence electrons. The Labute approximate surface area is 127 Å². The Bertz CT molecular complexity index is 794. The van der Waals surface area contributed by atoms with Crippen LogP contribution in [0.25, 0.3) is 11.0 Å². The summed E-state index contributed by atoms with van der Waals surface area (Å²) in [4.78, 5) is 20.1. The van der Waals surface area contributed by atoms with E-state index in [2.05, 4.69) is 20.5 Å². The van der Waals surface area contributed by atoms with Gasteiger partial charge in [-0.05, 0) is 18.2 Å².